The molecule has 0 bridgehead atoms. The number of nitrogens with one attached hydrogen (secondary N) is 1. The van der Waals surface area contributed by atoms with Crippen LogP contribution in [0.25, 0.3) is 0 Å². The van der Waals surface area contributed by atoms with Crippen LogP contribution in [0.15, 0.2) is 6.33 Å². The lowest BCUT2D eigenvalue weighted by molar-refractivity contribution is -0.385. The Hall–Kier alpha value is -1.96. The Kier molecular flexibility index (Phi) is 4.67. The van der Waals surface area contributed by atoms with E-state index < -0.39 is 4.92 Å². The molecule has 1 aliphatic heterocycles. The van der Waals surface area contributed by atoms with E-state index in [1.165, 1.54) is 6.33 Å². The number of hydrogen-bond acceptors (Lipinski definition) is 7. The lowest BCUT2D eigenvalue weighted by Crippen LogP contribution is -2.35. The summed E-state index contributed by atoms with van der Waals surface area (Å²) in [7, 11) is 2.05. The largest absolute Gasteiger partial charge is 0.469 e. The Morgan fingerprint density at radius 2 is 2.20 bits per heavy atom. The molecule has 0 amide bonds. The molecule has 0 radical (unpaired) electrons. The molecule has 20 heavy (non-hydrogen) atoms. The standard InChI is InChI=1S/C12H19N5O3/c1-3-13-11-10(17(18)19)12(15-8-14-11)20-9-4-6-16(2)7-5-9/h8-9H,3-7H2,1-2H3,(H,13,14,15). The van der Waals surface area contributed by atoms with Gasteiger partial charge in [-0.2, -0.15) is 4.98 Å². The molecule has 0 spiro atoms. The monoisotopic (exact) mass is 281 g/mol. The Balaban J connectivity index is 2.18. The van der Waals surface area contributed by atoms with Crippen LogP contribution in [-0.4, -0.2) is 52.6 Å². The number of rotatable bonds is 5. The van der Waals surface area contributed by atoms with Crippen molar-refractivity contribution in [3.05, 3.63) is 16.4 Å². The van der Waals surface area contributed by atoms with Crippen molar-refractivity contribution in [2.75, 3.05) is 32.0 Å². The molecular formula is C12H19N5O3. The number of nitrogens with zero attached hydrogens (tertiary/aromatic N) is 4. The lowest BCUT2D eigenvalue weighted by atomic mass is 10.1. The zero-order valence-electron chi connectivity index (χ0n) is 11.7. The van der Waals surface area contributed by atoms with Crippen molar-refractivity contribution in [1.82, 2.24) is 14.9 Å². The quantitative estimate of drug-likeness (QED) is 0.642. The van der Waals surface area contributed by atoms with Crippen molar-refractivity contribution < 1.29 is 9.66 Å². The maximum Gasteiger partial charge on any atom is 0.372 e. The van der Waals surface area contributed by atoms with Gasteiger partial charge in [-0.15, -0.1) is 0 Å². The normalized spacial score (nSPS) is 16.9. The van der Waals surface area contributed by atoms with E-state index in [0.717, 1.165) is 25.9 Å². The number of aromatic nitrogens is 2. The van der Waals surface area contributed by atoms with Gasteiger partial charge in [-0.05, 0) is 26.8 Å². The van der Waals surface area contributed by atoms with E-state index in [-0.39, 0.29) is 23.5 Å². The van der Waals surface area contributed by atoms with Crippen LogP contribution in [-0.2, 0) is 0 Å². The summed E-state index contributed by atoms with van der Waals surface area (Å²) in [6.07, 6.45) is 2.94. The molecular weight excluding hydrogens is 262 g/mol. The number of ether oxygens (including phenoxy) is 1. The predicted octanol–water partition coefficient (Wildman–Crippen LogP) is 1.29. The fourth-order valence-corrected chi connectivity index (χ4v) is 2.17. The number of piperidine rings is 1. The van der Waals surface area contributed by atoms with Gasteiger partial charge < -0.3 is 15.0 Å². The van der Waals surface area contributed by atoms with Crippen LogP contribution in [0.4, 0.5) is 11.5 Å². The third-order valence-electron chi connectivity index (χ3n) is 3.26. The van der Waals surface area contributed by atoms with Crippen LogP contribution in [0.1, 0.15) is 19.8 Å². The average molecular weight is 281 g/mol. The zero-order chi connectivity index (χ0) is 14.5. The van der Waals surface area contributed by atoms with E-state index in [1.54, 1.807) is 0 Å². The fourth-order valence-electron chi connectivity index (χ4n) is 2.17. The molecule has 1 aromatic heterocycles. The Bertz CT molecular complexity index is 474. The molecule has 1 aromatic rings. The van der Waals surface area contributed by atoms with Crippen molar-refractivity contribution >= 4 is 11.5 Å². The van der Waals surface area contributed by atoms with Crippen LogP contribution >= 0.6 is 0 Å². The van der Waals surface area contributed by atoms with Crippen molar-refractivity contribution in [2.45, 2.75) is 25.9 Å². The van der Waals surface area contributed by atoms with Crippen molar-refractivity contribution in [2.24, 2.45) is 0 Å². The number of anilines is 1. The minimum atomic E-state index is -0.498. The summed E-state index contributed by atoms with van der Waals surface area (Å²) in [6.45, 7) is 4.24. The van der Waals surface area contributed by atoms with Gasteiger partial charge in [-0.25, -0.2) is 4.98 Å². The fraction of sp³-hybridized carbons (Fsp3) is 0.667. The Morgan fingerprint density at radius 1 is 1.50 bits per heavy atom. The maximum atomic E-state index is 11.2. The second kappa shape index (κ2) is 6.47. The van der Waals surface area contributed by atoms with Crippen molar-refractivity contribution in [3.63, 3.8) is 0 Å². The summed E-state index contributed by atoms with van der Waals surface area (Å²) in [5.74, 6) is 0.255. The van der Waals surface area contributed by atoms with Gasteiger partial charge in [0, 0.05) is 19.6 Å². The smallest absolute Gasteiger partial charge is 0.372 e. The molecule has 2 heterocycles. The van der Waals surface area contributed by atoms with E-state index in [1.807, 2.05) is 14.0 Å². The van der Waals surface area contributed by atoms with Crippen LogP contribution in [0.2, 0.25) is 0 Å². The van der Waals surface area contributed by atoms with Gasteiger partial charge in [0.15, 0.2) is 0 Å². The molecule has 1 saturated heterocycles. The summed E-state index contributed by atoms with van der Waals surface area (Å²) < 4.78 is 5.72. The predicted molar refractivity (Wildman–Crippen MR) is 74.0 cm³/mol. The number of hydrogen-bond donors (Lipinski definition) is 1. The molecule has 110 valence electrons. The van der Waals surface area contributed by atoms with E-state index in [0.29, 0.717) is 6.54 Å². The maximum absolute atomic E-state index is 11.2. The first-order valence-corrected chi connectivity index (χ1v) is 6.70. The molecule has 1 aliphatic rings. The molecule has 0 aliphatic carbocycles. The molecule has 8 nitrogen and oxygen atoms in total. The topological polar surface area (TPSA) is 93.4 Å². The minimum absolute atomic E-state index is 0.0331. The summed E-state index contributed by atoms with van der Waals surface area (Å²) in [5, 5.41) is 14.1. The van der Waals surface area contributed by atoms with Gasteiger partial charge in [-0.1, -0.05) is 0 Å². The SMILES string of the molecule is CCNc1ncnc(OC2CCN(C)CC2)c1[N+](=O)[O-]. The van der Waals surface area contributed by atoms with Crippen molar-refractivity contribution in [1.29, 1.82) is 0 Å². The highest BCUT2D eigenvalue weighted by molar-refractivity contribution is 5.61. The molecule has 0 saturated carbocycles. The first-order valence-electron chi connectivity index (χ1n) is 6.70. The van der Waals surface area contributed by atoms with Crippen LogP contribution in [0, 0.1) is 10.1 Å². The highest BCUT2D eigenvalue weighted by Crippen LogP contribution is 2.32. The first-order chi connectivity index (χ1) is 9.61. The van der Waals surface area contributed by atoms with Gasteiger partial charge >= 0.3 is 5.69 Å². The van der Waals surface area contributed by atoms with Gasteiger partial charge in [0.05, 0.1) is 4.92 Å². The van der Waals surface area contributed by atoms with Crippen LogP contribution in [0.3, 0.4) is 0 Å². The lowest BCUT2D eigenvalue weighted by Gasteiger charge is -2.28. The third-order valence-corrected chi connectivity index (χ3v) is 3.26. The van der Waals surface area contributed by atoms with Gasteiger partial charge in [0.1, 0.15) is 12.4 Å². The van der Waals surface area contributed by atoms with E-state index in [4.69, 9.17) is 4.74 Å². The van der Waals surface area contributed by atoms with E-state index in [2.05, 4.69) is 20.2 Å². The highest BCUT2D eigenvalue weighted by Gasteiger charge is 2.27. The third kappa shape index (κ3) is 3.32. The molecule has 0 atom stereocenters. The van der Waals surface area contributed by atoms with E-state index in [9.17, 15) is 10.1 Å². The Morgan fingerprint density at radius 3 is 2.80 bits per heavy atom. The molecule has 2 rings (SSSR count). The minimum Gasteiger partial charge on any atom is -0.469 e. The summed E-state index contributed by atoms with van der Waals surface area (Å²) in [6, 6.07) is 0. The number of nitro groups is 1. The molecule has 1 fully saturated rings. The molecule has 0 aromatic carbocycles. The van der Waals surface area contributed by atoms with Gasteiger partial charge in [0.2, 0.25) is 5.82 Å². The van der Waals surface area contributed by atoms with Crippen LogP contribution in [0.5, 0.6) is 5.88 Å². The molecule has 8 heteroatoms. The summed E-state index contributed by atoms with van der Waals surface area (Å²) in [4.78, 5) is 20.7. The second-order valence-electron chi connectivity index (χ2n) is 4.78. The van der Waals surface area contributed by atoms with Crippen LogP contribution < -0.4 is 10.1 Å². The van der Waals surface area contributed by atoms with Gasteiger partial charge in [-0.3, -0.25) is 10.1 Å². The summed E-state index contributed by atoms with van der Waals surface area (Å²) in [5.41, 5.74) is -0.187. The summed E-state index contributed by atoms with van der Waals surface area (Å²) >= 11 is 0. The average Bonchev–Trinajstić information content (AvgIpc) is 2.41. The van der Waals surface area contributed by atoms with E-state index >= 15 is 0 Å². The molecule has 1 N–H and O–H groups in total. The molecule has 0 unspecified atom stereocenters. The number of likely N-dealkylation sites (tertiary alicyclic amines) is 1. The Labute approximate surface area is 117 Å². The van der Waals surface area contributed by atoms with Gasteiger partial charge in [0.25, 0.3) is 5.88 Å². The van der Waals surface area contributed by atoms with Crippen molar-refractivity contribution in [3.8, 4) is 5.88 Å². The second-order valence-corrected chi connectivity index (χ2v) is 4.78. The highest BCUT2D eigenvalue weighted by atomic mass is 16.6. The first kappa shape index (κ1) is 14.4. The zero-order valence-corrected chi connectivity index (χ0v) is 11.7.